The summed E-state index contributed by atoms with van der Waals surface area (Å²) in [5.41, 5.74) is 1.96. The van der Waals surface area contributed by atoms with Gasteiger partial charge in [0.1, 0.15) is 5.75 Å². The van der Waals surface area contributed by atoms with Crippen LogP contribution in [0.25, 0.3) is 0 Å². The summed E-state index contributed by atoms with van der Waals surface area (Å²) < 4.78 is 7.18. The molecule has 5 heteroatoms. The van der Waals surface area contributed by atoms with E-state index in [1.165, 1.54) is 0 Å². The van der Waals surface area contributed by atoms with Gasteiger partial charge in [0.2, 0.25) is 0 Å². The molecule has 0 aliphatic rings. The Kier molecular flexibility index (Phi) is 4.60. The van der Waals surface area contributed by atoms with E-state index in [2.05, 4.69) is 42.2 Å². The minimum atomic E-state index is 0.666. The molecule has 1 aromatic carbocycles. The number of halogens is 2. The summed E-state index contributed by atoms with van der Waals surface area (Å²) in [6, 6.07) is 9.77. The predicted octanol–water partition coefficient (Wildman–Crippen LogP) is 4.23. The van der Waals surface area contributed by atoms with Gasteiger partial charge in [-0.2, -0.15) is 0 Å². The van der Waals surface area contributed by atoms with Crippen molar-refractivity contribution in [1.29, 1.82) is 0 Å². The molecule has 0 aliphatic carbocycles. The molecule has 2 rings (SSSR count). The third-order valence-corrected chi connectivity index (χ3v) is 3.58. The van der Waals surface area contributed by atoms with Gasteiger partial charge in [-0.1, -0.05) is 0 Å². The molecule has 2 aromatic rings. The number of methoxy groups -OCH3 is 1. The predicted molar refractivity (Wildman–Crippen MR) is 80.0 cm³/mol. The zero-order chi connectivity index (χ0) is 13.0. The molecule has 0 aliphatic heterocycles. The molecule has 0 atom stereocenters. The van der Waals surface area contributed by atoms with Crippen molar-refractivity contribution in [3.63, 3.8) is 0 Å². The fourth-order valence-electron chi connectivity index (χ4n) is 1.46. The van der Waals surface area contributed by atoms with Crippen molar-refractivity contribution in [2.75, 3.05) is 12.4 Å². The van der Waals surface area contributed by atoms with E-state index in [0.717, 1.165) is 26.1 Å². The third kappa shape index (κ3) is 3.46. The van der Waals surface area contributed by atoms with Crippen LogP contribution in [0.1, 0.15) is 5.69 Å². The number of anilines is 1. The highest BCUT2D eigenvalue weighted by molar-refractivity contribution is 9.10. The lowest BCUT2D eigenvalue weighted by atomic mass is 10.3. The van der Waals surface area contributed by atoms with Crippen molar-refractivity contribution in [3.05, 3.63) is 51.2 Å². The molecule has 1 N–H and O–H groups in total. The van der Waals surface area contributed by atoms with Gasteiger partial charge < -0.3 is 10.1 Å². The van der Waals surface area contributed by atoms with E-state index < -0.39 is 0 Å². The second-order valence-corrected chi connectivity index (χ2v) is 5.44. The maximum absolute atomic E-state index is 5.19. The number of nitrogens with one attached hydrogen (secondary N) is 1. The van der Waals surface area contributed by atoms with Gasteiger partial charge in [0.05, 0.1) is 25.0 Å². The van der Waals surface area contributed by atoms with Crippen LogP contribution in [0.5, 0.6) is 5.75 Å². The van der Waals surface area contributed by atoms with Gasteiger partial charge in [0.25, 0.3) is 0 Å². The van der Waals surface area contributed by atoms with E-state index in [9.17, 15) is 0 Å². The summed E-state index contributed by atoms with van der Waals surface area (Å²) in [7, 11) is 1.66. The minimum absolute atomic E-state index is 0.666. The molecule has 18 heavy (non-hydrogen) atoms. The molecule has 1 heterocycles. The number of rotatable bonds is 4. The summed E-state index contributed by atoms with van der Waals surface area (Å²) in [4.78, 5) is 4.31. The van der Waals surface area contributed by atoms with Crippen LogP contribution < -0.4 is 10.1 Å². The average Bonchev–Trinajstić information content (AvgIpc) is 2.40. The molecular weight excluding hydrogens is 360 g/mol. The zero-order valence-corrected chi connectivity index (χ0v) is 13.0. The molecule has 0 saturated heterocycles. The Hall–Kier alpha value is -1.07. The molecule has 0 bridgehead atoms. The topological polar surface area (TPSA) is 34.1 Å². The van der Waals surface area contributed by atoms with E-state index >= 15 is 0 Å². The van der Waals surface area contributed by atoms with Crippen molar-refractivity contribution >= 4 is 37.5 Å². The summed E-state index contributed by atoms with van der Waals surface area (Å²) in [6.07, 6.45) is 1.79. The lowest BCUT2D eigenvalue weighted by Crippen LogP contribution is -2.02. The Morgan fingerprint density at radius 2 is 2.06 bits per heavy atom. The second-order valence-electron chi connectivity index (χ2n) is 3.67. The fraction of sp³-hybridized carbons (Fsp3) is 0.154. The van der Waals surface area contributed by atoms with Crippen LogP contribution in [0.2, 0.25) is 0 Å². The van der Waals surface area contributed by atoms with E-state index in [-0.39, 0.29) is 0 Å². The van der Waals surface area contributed by atoms with Gasteiger partial charge in [-0.25, -0.2) is 0 Å². The molecule has 1 aromatic heterocycles. The quantitative estimate of drug-likeness (QED) is 0.873. The molecule has 0 saturated carbocycles. The SMILES string of the molecule is COc1ccc(Br)c(NCc2ccc(Br)cn2)c1. The lowest BCUT2D eigenvalue weighted by Gasteiger charge is -2.10. The number of benzene rings is 1. The molecule has 0 radical (unpaired) electrons. The first-order valence-corrected chi connectivity index (χ1v) is 6.95. The van der Waals surface area contributed by atoms with Crippen molar-refractivity contribution < 1.29 is 4.74 Å². The Bertz CT molecular complexity index is 529. The monoisotopic (exact) mass is 370 g/mol. The summed E-state index contributed by atoms with van der Waals surface area (Å²) in [5.74, 6) is 0.824. The van der Waals surface area contributed by atoms with Crippen LogP contribution in [-0.2, 0) is 6.54 Å². The van der Waals surface area contributed by atoms with Crippen molar-refractivity contribution in [2.24, 2.45) is 0 Å². The van der Waals surface area contributed by atoms with E-state index in [1.54, 1.807) is 13.3 Å². The van der Waals surface area contributed by atoms with Crippen LogP contribution in [0.3, 0.4) is 0 Å². The minimum Gasteiger partial charge on any atom is -0.497 e. The second kappa shape index (κ2) is 6.20. The lowest BCUT2D eigenvalue weighted by molar-refractivity contribution is 0.415. The van der Waals surface area contributed by atoms with Gasteiger partial charge in [-0.05, 0) is 56.1 Å². The van der Waals surface area contributed by atoms with Gasteiger partial charge >= 0.3 is 0 Å². The van der Waals surface area contributed by atoms with Crippen LogP contribution in [0.15, 0.2) is 45.5 Å². The van der Waals surface area contributed by atoms with Gasteiger partial charge in [0.15, 0.2) is 0 Å². The molecule has 94 valence electrons. The van der Waals surface area contributed by atoms with Gasteiger partial charge in [0, 0.05) is 21.2 Å². The van der Waals surface area contributed by atoms with E-state index in [1.807, 2.05) is 30.3 Å². The number of hydrogen-bond acceptors (Lipinski definition) is 3. The highest BCUT2D eigenvalue weighted by Crippen LogP contribution is 2.27. The number of ether oxygens (including phenoxy) is 1. The Labute approximate surface area is 123 Å². The van der Waals surface area contributed by atoms with Crippen LogP contribution >= 0.6 is 31.9 Å². The molecule has 0 fully saturated rings. The third-order valence-electron chi connectivity index (χ3n) is 2.42. The van der Waals surface area contributed by atoms with E-state index in [0.29, 0.717) is 6.54 Å². The number of aromatic nitrogens is 1. The summed E-state index contributed by atoms with van der Waals surface area (Å²) in [6.45, 7) is 0.666. The molecular formula is C13H12Br2N2O. The van der Waals surface area contributed by atoms with Crippen LogP contribution in [-0.4, -0.2) is 12.1 Å². The maximum Gasteiger partial charge on any atom is 0.121 e. The standard InChI is InChI=1S/C13H12Br2N2O/c1-18-11-4-5-12(15)13(6-11)17-8-10-3-2-9(14)7-16-10/h2-7,17H,8H2,1H3. The summed E-state index contributed by atoms with van der Waals surface area (Å²) in [5, 5.41) is 3.32. The van der Waals surface area contributed by atoms with E-state index in [4.69, 9.17) is 4.74 Å². The van der Waals surface area contributed by atoms with Crippen LogP contribution in [0.4, 0.5) is 5.69 Å². The molecule has 0 spiro atoms. The average molecular weight is 372 g/mol. The normalized spacial score (nSPS) is 10.2. The zero-order valence-electron chi connectivity index (χ0n) is 9.78. The largest absolute Gasteiger partial charge is 0.497 e. The number of hydrogen-bond donors (Lipinski definition) is 1. The first-order chi connectivity index (χ1) is 8.69. The highest BCUT2D eigenvalue weighted by Gasteiger charge is 2.02. The van der Waals surface area contributed by atoms with Gasteiger partial charge in [-0.15, -0.1) is 0 Å². The molecule has 3 nitrogen and oxygen atoms in total. The first kappa shape index (κ1) is 13.4. The smallest absolute Gasteiger partial charge is 0.121 e. The highest BCUT2D eigenvalue weighted by atomic mass is 79.9. The van der Waals surface area contributed by atoms with Crippen LogP contribution in [0, 0.1) is 0 Å². The maximum atomic E-state index is 5.19. The Morgan fingerprint density at radius 1 is 1.22 bits per heavy atom. The van der Waals surface area contributed by atoms with Crippen molar-refractivity contribution in [1.82, 2.24) is 4.98 Å². The number of nitrogens with zero attached hydrogens (tertiary/aromatic N) is 1. The molecule has 0 unspecified atom stereocenters. The molecule has 0 amide bonds. The van der Waals surface area contributed by atoms with Crippen molar-refractivity contribution in [3.8, 4) is 5.75 Å². The Morgan fingerprint density at radius 3 is 2.72 bits per heavy atom. The summed E-state index contributed by atoms with van der Waals surface area (Å²) >= 11 is 6.86. The Balaban J connectivity index is 2.07. The number of pyridine rings is 1. The van der Waals surface area contributed by atoms with Crippen molar-refractivity contribution in [2.45, 2.75) is 6.54 Å². The fourth-order valence-corrected chi connectivity index (χ4v) is 2.08. The van der Waals surface area contributed by atoms with Gasteiger partial charge in [-0.3, -0.25) is 4.98 Å². The first-order valence-electron chi connectivity index (χ1n) is 5.37.